The van der Waals surface area contributed by atoms with Gasteiger partial charge in [0.25, 0.3) is 0 Å². The molecule has 0 aromatic heterocycles. The average molecular weight is 364 g/mol. The van der Waals surface area contributed by atoms with Crippen LogP contribution in [0.15, 0.2) is 60.7 Å². The lowest BCUT2D eigenvalue weighted by Gasteiger charge is -2.28. The van der Waals surface area contributed by atoms with Crippen molar-refractivity contribution in [3.05, 3.63) is 72.1 Å². The molecule has 2 fully saturated rings. The summed E-state index contributed by atoms with van der Waals surface area (Å²) >= 11 is 0. The molecule has 1 aromatic rings. The molecule has 27 heavy (non-hydrogen) atoms. The third kappa shape index (κ3) is 6.21. The van der Waals surface area contributed by atoms with Crippen LogP contribution in [0.25, 0.3) is 0 Å². The topological polar surface area (TPSA) is 23.8 Å². The maximum Gasteiger partial charge on any atom is 0.123 e. The Kier molecular flexibility index (Phi) is 7.45. The van der Waals surface area contributed by atoms with Gasteiger partial charge in [-0.2, -0.15) is 5.26 Å². The van der Waals surface area contributed by atoms with Gasteiger partial charge in [0.15, 0.2) is 0 Å². The van der Waals surface area contributed by atoms with E-state index in [-0.39, 0.29) is 5.82 Å². The van der Waals surface area contributed by atoms with Crippen molar-refractivity contribution in [2.45, 2.75) is 57.3 Å². The van der Waals surface area contributed by atoms with Gasteiger partial charge in [0.2, 0.25) is 0 Å². The molecule has 0 atom stereocenters. The molecule has 1 nitrogen and oxygen atoms in total. The maximum atomic E-state index is 13.1. The van der Waals surface area contributed by atoms with Crippen LogP contribution >= 0.6 is 0 Å². The van der Waals surface area contributed by atoms with Crippen molar-refractivity contribution in [2.75, 3.05) is 0 Å². The van der Waals surface area contributed by atoms with Crippen LogP contribution in [-0.4, -0.2) is 0 Å². The van der Waals surface area contributed by atoms with Crippen molar-refractivity contribution in [1.29, 1.82) is 5.26 Å². The Morgan fingerprint density at radius 2 is 1.26 bits per heavy atom. The smallest absolute Gasteiger partial charge is 0.123 e. The van der Waals surface area contributed by atoms with Crippen molar-refractivity contribution in [3.8, 4) is 6.07 Å². The second-order valence-corrected chi connectivity index (χ2v) is 8.10. The molecule has 0 N–H and O–H groups in total. The fourth-order valence-electron chi connectivity index (χ4n) is 4.54. The Morgan fingerprint density at radius 1 is 0.741 bits per heavy atom. The number of allylic oxidation sites excluding steroid dienone is 6. The molecule has 2 aliphatic rings. The van der Waals surface area contributed by atoms with Crippen LogP contribution in [0.1, 0.15) is 62.8 Å². The Hall–Kier alpha value is -2.14. The zero-order chi connectivity index (χ0) is 18.9. The van der Waals surface area contributed by atoms with Gasteiger partial charge in [0.1, 0.15) is 5.82 Å². The van der Waals surface area contributed by atoms with Gasteiger partial charge in [-0.15, -0.1) is 0 Å². The predicted molar refractivity (Wildman–Crippen MR) is 110 cm³/mol. The number of halogens is 1. The predicted octanol–water partition coefficient (Wildman–Crippen LogP) is 7.10. The van der Waals surface area contributed by atoms with E-state index in [1.807, 2.05) is 30.4 Å². The molecule has 1 aromatic carbocycles. The summed E-state index contributed by atoms with van der Waals surface area (Å²) in [4.78, 5) is 0. The zero-order valence-electron chi connectivity index (χ0n) is 16.1. The average Bonchev–Trinajstić information content (AvgIpc) is 2.72. The van der Waals surface area contributed by atoms with Crippen LogP contribution in [0.3, 0.4) is 0 Å². The van der Waals surface area contributed by atoms with E-state index in [9.17, 15) is 4.39 Å². The third-order valence-corrected chi connectivity index (χ3v) is 6.25. The summed E-state index contributed by atoms with van der Waals surface area (Å²) in [5.41, 5.74) is 1.30. The first-order chi connectivity index (χ1) is 13.2. The molecule has 0 aliphatic heterocycles. The van der Waals surface area contributed by atoms with E-state index in [2.05, 4.69) is 18.2 Å². The minimum Gasteiger partial charge on any atom is -0.207 e. The highest BCUT2D eigenvalue weighted by Gasteiger charge is 2.22. The van der Waals surface area contributed by atoms with Gasteiger partial charge in [-0.1, -0.05) is 42.5 Å². The molecule has 0 amide bonds. The molecule has 2 heteroatoms. The van der Waals surface area contributed by atoms with Gasteiger partial charge in [0, 0.05) is 6.08 Å². The highest BCUT2D eigenvalue weighted by Crippen LogP contribution is 2.37. The second-order valence-electron chi connectivity index (χ2n) is 8.10. The van der Waals surface area contributed by atoms with E-state index in [0.717, 1.165) is 11.8 Å². The van der Waals surface area contributed by atoms with Gasteiger partial charge in [0.05, 0.1) is 6.07 Å². The number of rotatable bonds is 5. The van der Waals surface area contributed by atoms with Crippen LogP contribution < -0.4 is 0 Å². The first kappa shape index (κ1) is 19.6. The summed E-state index contributed by atoms with van der Waals surface area (Å²) in [6, 6.07) is 9.11. The summed E-state index contributed by atoms with van der Waals surface area (Å²) in [5, 5.41) is 8.49. The molecule has 0 radical (unpaired) electrons. The molecule has 2 aliphatic carbocycles. The normalized spacial score (nSPS) is 29.5. The summed E-state index contributed by atoms with van der Waals surface area (Å²) in [6.45, 7) is 0. The maximum absolute atomic E-state index is 13.1. The van der Waals surface area contributed by atoms with Crippen molar-refractivity contribution in [3.63, 3.8) is 0 Å². The van der Waals surface area contributed by atoms with Crippen LogP contribution in [0, 0.1) is 34.9 Å². The van der Waals surface area contributed by atoms with Gasteiger partial charge in [-0.05, 0) is 92.7 Å². The van der Waals surface area contributed by atoms with Crippen LogP contribution in [0.2, 0.25) is 0 Å². The first-order valence-corrected chi connectivity index (χ1v) is 10.4. The lowest BCUT2D eigenvalue weighted by atomic mass is 9.77. The zero-order valence-corrected chi connectivity index (χ0v) is 16.1. The van der Waals surface area contributed by atoms with E-state index in [4.69, 9.17) is 5.26 Å². The Bertz CT molecular complexity index is 691. The van der Waals surface area contributed by atoms with E-state index in [1.165, 1.54) is 63.0 Å². The van der Waals surface area contributed by atoms with Gasteiger partial charge in [-0.25, -0.2) is 4.39 Å². The molecule has 0 heterocycles. The third-order valence-electron chi connectivity index (χ3n) is 6.25. The monoisotopic (exact) mass is 363 g/mol. The highest BCUT2D eigenvalue weighted by atomic mass is 19.1. The molecule has 3 rings (SSSR count). The molecule has 0 bridgehead atoms. The van der Waals surface area contributed by atoms with Crippen molar-refractivity contribution in [2.24, 2.45) is 17.8 Å². The van der Waals surface area contributed by atoms with E-state index >= 15 is 0 Å². The molecular formula is C25H30FN. The lowest BCUT2D eigenvalue weighted by Crippen LogP contribution is -2.14. The quantitative estimate of drug-likeness (QED) is 0.311. The van der Waals surface area contributed by atoms with Crippen LogP contribution in [-0.2, 0) is 0 Å². The van der Waals surface area contributed by atoms with Crippen LogP contribution in [0.4, 0.5) is 4.39 Å². The standard InChI is InChI=1S/C25H30FN/c26-25-17-15-24(16-18-25)23-13-11-22(12-14-23)10-9-21-7-5-20(6-8-21)4-2-1-3-19-27/h1-4,9-10,15-18,20-23H,5-8,11-14H2. The molecule has 0 spiro atoms. The van der Waals surface area contributed by atoms with Crippen molar-refractivity contribution >= 4 is 0 Å². The number of nitriles is 1. The van der Waals surface area contributed by atoms with Crippen molar-refractivity contribution in [1.82, 2.24) is 0 Å². The second kappa shape index (κ2) is 10.3. The van der Waals surface area contributed by atoms with Gasteiger partial charge < -0.3 is 0 Å². The van der Waals surface area contributed by atoms with Crippen molar-refractivity contribution < 1.29 is 4.39 Å². The fraction of sp³-hybridized carbons (Fsp3) is 0.480. The lowest BCUT2D eigenvalue weighted by molar-refractivity contribution is 0.348. The molecule has 0 saturated heterocycles. The minimum absolute atomic E-state index is 0.140. The summed E-state index contributed by atoms with van der Waals surface area (Å²) in [5.74, 6) is 2.59. The van der Waals surface area contributed by atoms with E-state index in [1.54, 1.807) is 12.1 Å². The number of benzene rings is 1. The SMILES string of the molecule is N#CC=CC=CC1CCC(C=CC2CCC(c3ccc(F)cc3)CC2)CC1. The first-order valence-electron chi connectivity index (χ1n) is 10.4. The number of hydrogen-bond donors (Lipinski definition) is 0. The summed E-state index contributed by atoms with van der Waals surface area (Å²) < 4.78 is 13.1. The van der Waals surface area contributed by atoms with Gasteiger partial charge >= 0.3 is 0 Å². The highest BCUT2D eigenvalue weighted by molar-refractivity contribution is 5.21. The Morgan fingerprint density at radius 3 is 1.81 bits per heavy atom. The fourth-order valence-corrected chi connectivity index (χ4v) is 4.54. The molecule has 2 saturated carbocycles. The summed E-state index contributed by atoms with van der Waals surface area (Å²) in [6.07, 6.45) is 22.6. The minimum atomic E-state index is -0.140. The summed E-state index contributed by atoms with van der Waals surface area (Å²) in [7, 11) is 0. The van der Waals surface area contributed by atoms with Crippen LogP contribution in [0.5, 0.6) is 0 Å². The van der Waals surface area contributed by atoms with E-state index in [0.29, 0.717) is 11.8 Å². The van der Waals surface area contributed by atoms with Gasteiger partial charge in [-0.3, -0.25) is 0 Å². The largest absolute Gasteiger partial charge is 0.207 e. The molecule has 142 valence electrons. The van der Waals surface area contributed by atoms with E-state index < -0.39 is 0 Å². The Balaban J connectivity index is 1.39. The molecule has 0 unspecified atom stereocenters. The number of hydrogen-bond acceptors (Lipinski definition) is 1. The Labute approximate surface area is 163 Å². The number of nitrogens with zero attached hydrogens (tertiary/aromatic N) is 1. The molecular weight excluding hydrogens is 333 g/mol.